The molecule has 0 spiro atoms. The largest absolute Gasteiger partial charge is 0.309 e. The first kappa shape index (κ1) is 49.9. The predicted molar refractivity (Wildman–Crippen MR) is 370 cm³/mol. The van der Waals surface area contributed by atoms with Crippen LogP contribution in [-0.4, -0.2) is 42.4 Å². The van der Waals surface area contributed by atoms with Crippen molar-refractivity contribution in [1.29, 1.82) is 0 Å². The van der Waals surface area contributed by atoms with Crippen LogP contribution in [0.5, 0.6) is 0 Å². The van der Waals surface area contributed by atoms with Gasteiger partial charge in [0.25, 0.3) is 0 Å². The van der Waals surface area contributed by atoms with Crippen molar-refractivity contribution in [2.75, 3.05) is 0 Å². The van der Waals surface area contributed by atoms with Gasteiger partial charge in [0, 0.05) is 83.1 Å². The summed E-state index contributed by atoms with van der Waals surface area (Å²) in [6, 6.07) is 111. The SMILES string of the molecule is c1ccc(-c2nc3c(c4nc(-c5ccccc5)n(-c5ccc6c(c5)c5ccccc5n6-c5ccccc5)c4c4nc(-c5ccccc5)n(-c5ccc6c(c5)c5ccccc5n6-c5ccccc5)c34)n2-c2ccc3c(c2)c2ccccc2n3-c2ccccc2)cc1. The molecule has 0 atom stereocenters. The van der Waals surface area contributed by atoms with Crippen LogP contribution in [0.2, 0.25) is 0 Å². The highest BCUT2D eigenvalue weighted by molar-refractivity contribution is 6.23. The van der Waals surface area contributed by atoms with Crippen LogP contribution in [-0.2, 0) is 0 Å². The highest BCUT2D eigenvalue weighted by Crippen LogP contribution is 2.47. The van der Waals surface area contributed by atoms with Crippen LogP contribution in [0.15, 0.2) is 309 Å². The quantitative estimate of drug-likeness (QED) is 0.145. The highest BCUT2D eigenvalue weighted by atomic mass is 15.2. The number of benzene rings is 13. The van der Waals surface area contributed by atoms with E-state index >= 15 is 0 Å². The zero-order chi connectivity index (χ0) is 59.0. The van der Waals surface area contributed by atoms with E-state index in [9.17, 15) is 0 Å². The van der Waals surface area contributed by atoms with Gasteiger partial charge in [0.1, 0.15) is 50.6 Å². The summed E-state index contributed by atoms with van der Waals surface area (Å²) in [5, 5.41) is 6.86. The van der Waals surface area contributed by atoms with E-state index in [0.29, 0.717) is 0 Å². The second kappa shape index (κ2) is 19.6. The van der Waals surface area contributed by atoms with Crippen LogP contribution < -0.4 is 0 Å². The third-order valence-corrected chi connectivity index (χ3v) is 18.2. The summed E-state index contributed by atoms with van der Waals surface area (Å²) in [6.45, 7) is 0. The van der Waals surface area contributed by atoms with Gasteiger partial charge in [-0.25, -0.2) is 15.0 Å². The Morgan fingerprint density at radius 2 is 0.411 bits per heavy atom. The molecule has 0 aliphatic carbocycles. The molecule has 0 saturated heterocycles. The number of fused-ring (bicyclic) bond motifs is 15. The number of aromatic nitrogens is 9. The number of rotatable bonds is 9. The lowest BCUT2D eigenvalue weighted by atomic mass is 10.1. The molecule has 6 aromatic heterocycles. The molecule has 6 heterocycles. The molecule has 0 radical (unpaired) electrons. The lowest BCUT2D eigenvalue weighted by Crippen LogP contribution is -2.01. The van der Waals surface area contributed by atoms with Crippen molar-refractivity contribution in [1.82, 2.24) is 42.4 Å². The van der Waals surface area contributed by atoms with Gasteiger partial charge in [-0.15, -0.1) is 0 Å². The van der Waals surface area contributed by atoms with Gasteiger partial charge in [-0.3, -0.25) is 13.7 Å². The van der Waals surface area contributed by atoms with E-state index in [4.69, 9.17) is 15.0 Å². The van der Waals surface area contributed by atoms with E-state index < -0.39 is 0 Å². The van der Waals surface area contributed by atoms with Gasteiger partial charge < -0.3 is 13.7 Å². The molecule has 420 valence electrons. The molecule has 0 aliphatic rings. The van der Waals surface area contributed by atoms with E-state index in [1.165, 1.54) is 0 Å². The van der Waals surface area contributed by atoms with Crippen LogP contribution >= 0.6 is 0 Å². The first-order chi connectivity index (χ1) is 44.7. The molecule has 0 unspecified atom stereocenters. The van der Waals surface area contributed by atoms with Crippen LogP contribution in [0.4, 0.5) is 0 Å². The monoisotopic (exact) mass is 1150 g/mol. The third-order valence-electron chi connectivity index (χ3n) is 18.2. The van der Waals surface area contributed by atoms with Crippen LogP contribution in [0.25, 0.3) is 167 Å². The summed E-state index contributed by atoms with van der Waals surface area (Å²) in [4.78, 5) is 18.0. The summed E-state index contributed by atoms with van der Waals surface area (Å²) in [5.41, 5.74) is 20.7. The zero-order valence-corrected chi connectivity index (χ0v) is 48.5. The van der Waals surface area contributed by atoms with Gasteiger partial charge >= 0.3 is 0 Å². The average Bonchev–Trinajstić information content (AvgIpc) is 1.56. The van der Waals surface area contributed by atoms with Crippen LogP contribution in [0, 0.1) is 0 Å². The second-order valence-electron chi connectivity index (χ2n) is 23.2. The Balaban J connectivity index is 1.00. The molecule has 0 saturated carbocycles. The number of hydrogen-bond donors (Lipinski definition) is 0. The van der Waals surface area contributed by atoms with E-state index in [1.54, 1.807) is 0 Å². The molecule has 13 aromatic carbocycles. The van der Waals surface area contributed by atoms with Gasteiger partial charge in [-0.2, -0.15) is 0 Å². The van der Waals surface area contributed by atoms with Crippen molar-refractivity contribution in [2.45, 2.75) is 0 Å². The van der Waals surface area contributed by atoms with Crippen molar-refractivity contribution in [3.8, 4) is 68.3 Å². The van der Waals surface area contributed by atoms with E-state index in [-0.39, 0.29) is 0 Å². The molecule has 0 fully saturated rings. The van der Waals surface area contributed by atoms with Crippen molar-refractivity contribution in [3.05, 3.63) is 309 Å². The Morgan fingerprint density at radius 1 is 0.178 bits per heavy atom. The summed E-state index contributed by atoms with van der Waals surface area (Å²) >= 11 is 0. The molecule has 19 aromatic rings. The van der Waals surface area contributed by atoms with Gasteiger partial charge in [0.05, 0.1) is 33.1 Å². The Bertz CT molecular complexity index is 5430. The van der Waals surface area contributed by atoms with Gasteiger partial charge in [-0.1, -0.05) is 200 Å². The Kier molecular flexibility index (Phi) is 10.9. The molecular formula is C81H51N9. The summed E-state index contributed by atoms with van der Waals surface area (Å²) in [5.74, 6) is 2.35. The zero-order valence-electron chi connectivity index (χ0n) is 48.5. The number of nitrogens with zero attached hydrogens (tertiary/aromatic N) is 9. The van der Waals surface area contributed by atoms with E-state index in [0.717, 1.165) is 167 Å². The predicted octanol–water partition coefficient (Wildman–Crippen LogP) is 20.0. The Morgan fingerprint density at radius 3 is 0.689 bits per heavy atom. The first-order valence-electron chi connectivity index (χ1n) is 30.5. The fourth-order valence-corrected chi connectivity index (χ4v) is 14.4. The third kappa shape index (κ3) is 7.34. The Hall–Kier alpha value is -12.3. The van der Waals surface area contributed by atoms with E-state index in [2.05, 4.69) is 337 Å². The average molecular weight is 1150 g/mol. The molecule has 0 aliphatic heterocycles. The summed E-state index contributed by atoms with van der Waals surface area (Å²) < 4.78 is 14.2. The summed E-state index contributed by atoms with van der Waals surface area (Å²) in [6.07, 6.45) is 0. The molecule has 0 bridgehead atoms. The molecule has 9 nitrogen and oxygen atoms in total. The van der Waals surface area contributed by atoms with Gasteiger partial charge in [0.15, 0.2) is 0 Å². The smallest absolute Gasteiger partial charge is 0.145 e. The first-order valence-corrected chi connectivity index (χ1v) is 30.5. The van der Waals surface area contributed by atoms with Crippen molar-refractivity contribution in [3.63, 3.8) is 0 Å². The fraction of sp³-hybridized carbons (Fsp3) is 0. The van der Waals surface area contributed by atoms with Gasteiger partial charge in [0.2, 0.25) is 0 Å². The molecule has 19 rings (SSSR count). The van der Waals surface area contributed by atoms with Crippen molar-refractivity contribution in [2.24, 2.45) is 0 Å². The Labute approximate surface area is 515 Å². The lowest BCUT2D eigenvalue weighted by Gasteiger charge is -2.14. The molecular weight excluding hydrogens is 1100 g/mol. The maximum atomic E-state index is 6.01. The molecule has 0 N–H and O–H groups in total. The van der Waals surface area contributed by atoms with E-state index in [1.807, 2.05) is 0 Å². The maximum absolute atomic E-state index is 6.01. The normalized spacial score (nSPS) is 12.0. The fourth-order valence-electron chi connectivity index (χ4n) is 14.4. The van der Waals surface area contributed by atoms with Crippen molar-refractivity contribution >= 4 is 98.5 Å². The minimum absolute atomic E-state index is 0.773. The highest BCUT2D eigenvalue weighted by Gasteiger charge is 2.32. The second-order valence-corrected chi connectivity index (χ2v) is 23.2. The topological polar surface area (TPSA) is 68.2 Å². The summed E-state index contributed by atoms with van der Waals surface area (Å²) in [7, 11) is 0. The lowest BCUT2D eigenvalue weighted by molar-refractivity contribution is 1.10. The maximum Gasteiger partial charge on any atom is 0.145 e. The van der Waals surface area contributed by atoms with Gasteiger partial charge in [-0.05, 0) is 109 Å². The van der Waals surface area contributed by atoms with Crippen molar-refractivity contribution < 1.29 is 0 Å². The minimum Gasteiger partial charge on any atom is -0.309 e. The minimum atomic E-state index is 0.773. The molecule has 0 amide bonds. The van der Waals surface area contributed by atoms with Crippen LogP contribution in [0.3, 0.4) is 0 Å². The number of hydrogen-bond acceptors (Lipinski definition) is 3. The number of imidazole rings is 3. The van der Waals surface area contributed by atoms with Crippen LogP contribution in [0.1, 0.15) is 0 Å². The molecule has 9 heteroatoms. The molecule has 90 heavy (non-hydrogen) atoms. The number of para-hydroxylation sites is 6. The standard InChI is InChI=1S/C81H51N9/c1-7-25-52(26-8-1)79-82-73-76(88(79)58-43-46-70-64(49-58)61-37-19-22-40-67(61)85(70)55-31-13-4-14-32-55)74-78(90(80(83-74)53-27-9-2-10-28-53)60-45-48-72-66(51-60)63-39-21-24-42-69(63)87(72)57-35-17-6-18-36-57)75-77(73)89(81(84-75)54-29-11-3-12-30-54)59-44-47-71-65(50-59)62-38-20-23-41-68(62)86(71)56-33-15-5-16-34-56/h1-51H.